The molecule has 4 aromatic rings. The fourth-order valence-electron chi connectivity index (χ4n) is 4.47. The Morgan fingerprint density at radius 2 is 1.68 bits per heavy atom. The number of phenols is 1. The van der Waals surface area contributed by atoms with Crippen LogP contribution < -0.4 is 21.6 Å². The van der Waals surface area contributed by atoms with E-state index >= 15 is 0 Å². The number of carbonyl (C=O) groups excluding carboxylic acids is 1. The predicted molar refractivity (Wildman–Crippen MR) is 159 cm³/mol. The minimum Gasteiger partial charge on any atom is -0.507 e. The molecule has 1 aliphatic heterocycles. The predicted octanol–water partition coefficient (Wildman–Crippen LogP) is 5.17. The van der Waals surface area contributed by atoms with Crippen LogP contribution in [-0.2, 0) is 11.8 Å². The molecule has 3 heterocycles. The summed E-state index contributed by atoms with van der Waals surface area (Å²) in [5.74, 6) is 0.241. The van der Waals surface area contributed by atoms with Crippen molar-refractivity contribution in [3.05, 3.63) is 76.2 Å². The number of amides is 1. The summed E-state index contributed by atoms with van der Waals surface area (Å²) in [6.45, 7) is 5.65. The lowest BCUT2D eigenvalue weighted by atomic mass is 9.97. The van der Waals surface area contributed by atoms with Crippen LogP contribution in [0.4, 0.5) is 16.0 Å². The second-order valence-corrected chi connectivity index (χ2v) is 9.04. The molecule has 0 radical (unpaired) electrons. The van der Waals surface area contributed by atoms with Crippen LogP contribution in [-0.4, -0.2) is 45.8 Å². The van der Waals surface area contributed by atoms with Gasteiger partial charge in [-0.15, -0.1) is 0 Å². The van der Waals surface area contributed by atoms with Crippen molar-refractivity contribution in [2.24, 2.45) is 12.8 Å². The Labute approximate surface area is 237 Å². The molecule has 2 aromatic heterocycles. The van der Waals surface area contributed by atoms with Gasteiger partial charge in [0.05, 0.1) is 10.7 Å². The average molecular weight is 569 g/mol. The third-order valence-corrected chi connectivity index (χ3v) is 6.60. The van der Waals surface area contributed by atoms with Crippen molar-refractivity contribution in [1.29, 1.82) is 0 Å². The van der Waals surface area contributed by atoms with Crippen LogP contribution in [0.25, 0.3) is 27.9 Å². The van der Waals surface area contributed by atoms with Crippen molar-refractivity contribution in [3.63, 3.8) is 0 Å². The van der Waals surface area contributed by atoms with E-state index in [2.05, 4.69) is 20.9 Å². The first-order valence-corrected chi connectivity index (χ1v) is 13.4. The Kier molecular flexibility index (Phi) is 10.5. The van der Waals surface area contributed by atoms with Gasteiger partial charge in [-0.05, 0) is 67.4 Å². The number of hydrogen-bond donors (Lipinski definition) is 3. The van der Waals surface area contributed by atoms with Gasteiger partial charge < -0.3 is 25.6 Å². The molecule has 9 nitrogen and oxygen atoms in total. The van der Waals surface area contributed by atoms with E-state index in [-0.39, 0.29) is 27.6 Å². The van der Waals surface area contributed by atoms with Crippen LogP contribution in [0.5, 0.6) is 5.75 Å². The number of benzene rings is 2. The first-order chi connectivity index (χ1) is 19.4. The fourth-order valence-corrected chi connectivity index (χ4v) is 4.74. The SMILES string of the molecule is CC.CN.Cn1ccn(-c2ccc(-c3cc(F)cc(-c4cc(NC=O)nc(N5CCCC5)c4)c3O)cc2Cl)c1=O. The number of phenolic OH excluding ortho intramolecular Hbond substituents is 1. The maximum atomic E-state index is 14.8. The molecule has 1 amide bonds. The Balaban J connectivity index is 0.00000106. The molecule has 0 bridgehead atoms. The fraction of sp³-hybridized carbons (Fsp3) is 0.276. The first kappa shape index (κ1) is 30.4. The van der Waals surface area contributed by atoms with Gasteiger partial charge in [-0.25, -0.2) is 14.2 Å². The topological polar surface area (TPSA) is 118 Å². The van der Waals surface area contributed by atoms with Crippen LogP contribution in [0.1, 0.15) is 26.7 Å². The lowest BCUT2D eigenvalue weighted by molar-refractivity contribution is -0.105. The zero-order valence-electron chi connectivity index (χ0n) is 23.0. The lowest BCUT2D eigenvalue weighted by Crippen LogP contribution is -2.20. The highest BCUT2D eigenvalue weighted by Crippen LogP contribution is 2.41. The third-order valence-electron chi connectivity index (χ3n) is 6.30. The number of nitrogens with one attached hydrogen (secondary N) is 1. The quantitative estimate of drug-likeness (QED) is 0.276. The van der Waals surface area contributed by atoms with Crippen molar-refractivity contribution >= 4 is 29.6 Å². The molecule has 5 rings (SSSR count). The number of aryl methyl sites for hydroxylation is 1. The summed E-state index contributed by atoms with van der Waals surface area (Å²) < 4.78 is 17.7. The number of nitrogens with zero attached hydrogens (tertiary/aromatic N) is 4. The van der Waals surface area contributed by atoms with Crippen molar-refractivity contribution in [2.75, 3.05) is 30.4 Å². The molecule has 212 valence electrons. The largest absolute Gasteiger partial charge is 0.507 e. The normalized spacial score (nSPS) is 12.2. The average Bonchev–Trinajstić information content (AvgIpc) is 3.63. The standard InChI is InChI=1S/C26H23ClFN5O3.C2H6.CH5N/c1-31-8-9-33(26(31)36)22-5-4-16(10-21(22)27)19-13-18(28)14-20(25(19)35)17-11-23(29-15-34)30-24(12-17)32-6-2-3-7-32;2*1-2/h4-5,8-15,35H,2-3,6-7H2,1H3,(H,29,30,34);1-2H3;2H2,1H3. The third kappa shape index (κ3) is 6.35. The van der Waals surface area contributed by atoms with Gasteiger partial charge in [0, 0.05) is 43.7 Å². The van der Waals surface area contributed by atoms with E-state index in [1.54, 1.807) is 49.8 Å². The highest BCUT2D eigenvalue weighted by molar-refractivity contribution is 6.32. The molecule has 0 spiro atoms. The minimum absolute atomic E-state index is 0.146. The summed E-state index contributed by atoms with van der Waals surface area (Å²) in [4.78, 5) is 30.0. The van der Waals surface area contributed by atoms with Gasteiger partial charge in [-0.3, -0.25) is 9.36 Å². The van der Waals surface area contributed by atoms with Gasteiger partial charge in [-0.1, -0.05) is 31.5 Å². The van der Waals surface area contributed by atoms with Crippen molar-refractivity contribution in [3.8, 4) is 33.7 Å². The van der Waals surface area contributed by atoms with Crippen LogP contribution in [0.15, 0.2) is 59.7 Å². The van der Waals surface area contributed by atoms with Gasteiger partial charge >= 0.3 is 5.69 Å². The van der Waals surface area contributed by atoms with Gasteiger partial charge in [0.2, 0.25) is 6.41 Å². The molecule has 0 saturated carbocycles. The van der Waals surface area contributed by atoms with Crippen LogP contribution in [0.3, 0.4) is 0 Å². The van der Waals surface area contributed by atoms with E-state index in [4.69, 9.17) is 11.6 Å². The summed E-state index contributed by atoms with van der Waals surface area (Å²) in [6.07, 6.45) is 5.81. The van der Waals surface area contributed by atoms with E-state index in [1.165, 1.54) is 28.3 Å². The smallest absolute Gasteiger partial charge is 0.332 e. The molecular formula is C29H34ClFN6O3. The lowest BCUT2D eigenvalue weighted by Gasteiger charge is -2.19. The highest BCUT2D eigenvalue weighted by Gasteiger charge is 2.20. The molecule has 1 fully saturated rings. The number of anilines is 2. The Bertz CT molecular complexity index is 1530. The monoisotopic (exact) mass is 568 g/mol. The van der Waals surface area contributed by atoms with Gasteiger partial charge in [0.1, 0.15) is 23.2 Å². The number of carbonyl (C=O) groups is 1. The molecule has 4 N–H and O–H groups in total. The number of hydrogen-bond acceptors (Lipinski definition) is 6. The van der Waals surface area contributed by atoms with E-state index < -0.39 is 5.82 Å². The van der Waals surface area contributed by atoms with Crippen LogP contribution >= 0.6 is 11.6 Å². The number of aromatic nitrogens is 3. The molecule has 1 saturated heterocycles. The van der Waals surface area contributed by atoms with Gasteiger partial charge in [0.25, 0.3) is 0 Å². The van der Waals surface area contributed by atoms with Crippen molar-refractivity contribution < 1.29 is 14.3 Å². The van der Waals surface area contributed by atoms with Crippen LogP contribution in [0, 0.1) is 5.82 Å². The van der Waals surface area contributed by atoms with Gasteiger partial charge in [-0.2, -0.15) is 0 Å². The Morgan fingerprint density at radius 1 is 1.02 bits per heavy atom. The number of imidazole rings is 1. The van der Waals surface area contributed by atoms with E-state index in [9.17, 15) is 19.1 Å². The molecule has 0 atom stereocenters. The van der Waals surface area contributed by atoms with Gasteiger partial charge in [0.15, 0.2) is 0 Å². The summed E-state index contributed by atoms with van der Waals surface area (Å²) >= 11 is 6.49. The zero-order chi connectivity index (χ0) is 29.4. The summed E-state index contributed by atoms with van der Waals surface area (Å²) in [7, 11) is 3.14. The van der Waals surface area contributed by atoms with Crippen LogP contribution in [0.2, 0.25) is 5.02 Å². The van der Waals surface area contributed by atoms with E-state index in [0.717, 1.165) is 25.9 Å². The maximum Gasteiger partial charge on any atom is 0.332 e. The molecule has 40 heavy (non-hydrogen) atoms. The Hall–Kier alpha value is -4.15. The van der Waals surface area contributed by atoms with Crippen molar-refractivity contribution in [1.82, 2.24) is 14.1 Å². The number of pyridine rings is 1. The maximum absolute atomic E-state index is 14.8. The number of rotatable bonds is 6. The number of nitrogens with two attached hydrogens (primary N) is 1. The van der Waals surface area contributed by atoms with E-state index in [1.807, 2.05) is 13.8 Å². The van der Waals surface area contributed by atoms with Crippen molar-refractivity contribution in [2.45, 2.75) is 26.7 Å². The molecule has 0 aliphatic carbocycles. The molecule has 1 aliphatic rings. The number of aromatic hydroxyl groups is 1. The summed E-state index contributed by atoms with van der Waals surface area (Å²) in [5, 5.41) is 14.1. The highest BCUT2D eigenvalue weighted by atomic mass is 35.5. The summed E-state index contributed by atoms with van der Waals surface area (Å²) in [6, 6.07) is 10.7. The zero-order valence-corrected chi connectivity index (χ0v) is 23.7. The van der Waals surface area contributed by atoms with E-state index in [0.29, 0.717) is 34.9 Å². The molecule has 2 aromatic carbocycles. The second-order valence-electron chi connectivity index (χ2n) is 8.63. The summed E-state index contributed by atoms with van der Waals surface area (Å²) in [5.41, 5.74) is 6.19. The molecular weight excluding hydrogens is 535 g/mol. The minimum atomic E-state index is -0.554. The number of halogens is 2. The molecule has 11 heteroatoms. The Morgan fingerprint density at radius 3 is 2.25 bits per heavy atom. The first-order valence-electron chi connectivity index (χ1n) is 13.0. The molecule has 0 unspecified atom stereocenters. The second kappa shape index (κ2) is 13.8.